The fourth-order valence-electron chi connectivity index (χ4n) is 1.93. The van der Waals surface area contributed by atoms with Gasteiger partial charge in [0, 0.05) is 12.6 Å². The highest BCUT2D eigenvalue weighted by Gasteiger charge is 2.14. The van der Waals surface area contributed by atoms with Gasteiger partial charge in [0.1, 0.15) is 6.07 Å². The van der Waals surface area contributed by atoms with Crippen LogP contribution in [-0.4, -0.2) is 24.5 Å². The van der Waals surface area contributed by atoms with Gasteiger partial charge in [0.05, 0.1) is 22.7 Å². The molecule has 0 atom stereocenters. The van der Waals surface area contributed by atoms with Crippen molar-refractivity contribution in [1.82, 2.24) is 9.71 Å². The Bertz CT molecular complexity index is 854. The second-order valence-corrected chi connectivity index (χ2v) is 6.78. The zero-order chi connectivity index (χ0) is 17.6. The number of sulfonamides is 1. The molecule has 0 saturated carbocycles. The van der Waals surface area contributed by atoms with Gasteiger partial charge in [-0.05, 0) is 36.2 Å². The second-order valence-electron chi connectivity index (χ2n) is 5.01. The maximum absolute atomic E-state index is 12.2. The lowest BCUT2D eigenvalue weighted by molar-refractivity contribution is -0.136. The SMILES string of the molecule is N#Cc1ccc(CNS(=O)(=O)c2ccc(CCC(=O)O)cc2)nc1. The third kappa shape index (κ3) is 4.87. The van der Waals surface area contributed by atoms with Crippen molar-refractivity contribution in [2.24, 2.45) is 0 Å². The normalized spacial score (nSPS) is 11.0. The Labute approximate surface area is 139 Å². The molecule has 0 aliphatic heterocycles. The van der Waals surface area contributed by atoms with Crippen LogP contribution in [0.25, 0.3) is 0 Å². The number of aryl methyl sites for hydroxylation is 1. The molecular formula is C16H15N3O4S. The molecular weight excluding hydrogens is 330 g/mol. The van der Waals surface area contributed by atoms with E-state index in [4.69, 9.17) is 10.4 Å². The molecule has 2 N–H and O–H groups in total. The van der Waals surface area contributed by atoms with E-state index < -0.39 is 16.0 Å². The molecule has 0 fully saturated rings. The minimum atomic E-state index is -3.69. The smallest absolute Gasteiger partial charge is 0.303 e. The standard InChI is InChI=1S/C16H15N3O4S/c17-9-13-1-5-14(18-10-13)11-19-24(22,23)15-6-2-12(3-7-15)4-8-16(20)21/h1-3,5-7,10,19H,4,8,11H2,(H,20,21). The molecule has 7 nitrogen and oxygen atoms in total. The Morgan fingerprint density at radius 3 is 2.46 bits per heavy atom. The van der Waals surface area contributed by atoms with Crippen LogP contribution in [0, 0.1) is 11.3 Å². The summed E-state index contributed by atoms with van der Waals surface area (Å²) in [5.41, 5.74) is 1.65. The molecule has 2 aromatic rings. The van der Waals surface area contributed by atoms with E-state index >= 15 is 0 Å². The Kier molecular flexibility index (Phi) is 5.63. The van der Waals surface area contributed by atoms with Crippen molar-refractivity contribution < 1.29 is 18.3 Å². The summed E-state index contributed by atoms with van der Waals surface area (Å²) in [5, 5.41) is 17.3. The fraction of sp³-hybridized carbons (Fsp3) is 0.188. The van der Waals surface area contributed by atoms with E-state index in [1.807, 2.05) is 6.07 Å². The van der Waals surface area contributed by atoms with Crippen LogP contribution in [0.1, 0.15) is 23.2 Å². The molecule has 0 aliphatic rings. The highest BCUT2D eigenvalue weighted by Crippen LogP contribution is 2.12. The number of aromatic nitrogens is 1. The Morgan fingerprint density at radius 1 is 1.21 bits per heavy atom. The topological polar surface area (TPSA) is 120 Å². The number of carbonyl (C=O) groups is 1. The number of aliphatic carboxylic acids is 1. The Balaban J connectivity index is 2.01. The van der Waals surface area contributed by atoms with Gasteiger partial charge in [-0.1, -0.05) is 12.1 Å². The van der Waals surface area contributed by atoms with E-state index in [2.05, 4.69) is 9.71 Å². The summed E-state index contributed by atoms with van der Waals surface area (Å²) in [6.45, 7) is 0.00874. The highest BCUT2D eigenvalue weighted by atomic mass is 32.2. The number of carboxylic acids is 1. The lowest BCUT2D eigenvalue weighted by Gasteiger charge is -2.07. The predicted octanol–water partition coefficient (Wildman–Crippen LogP) is 1.45. The summed E-state index contributed by atoms with van der Waals surface area (Å²) >= 11 is 0. The number of rotatable bonds is 7. The van der Waals surface area contributed by atoms with Crippen LogP contribution in [0.5, 0.6) is 0 Å². The van der Waals surface area contributed by atoms with Crippen molar-refractivity contribution in [3.05, 3.63) is 59.4 Å². The van der Waals surface area contributed by atoms with Crippen LogP contribution in [0.3, 0.4) is 0 Å². The van der Waals surface area contributed by atoms with Crippen molar-refractivity contribution in [2.75, 3.05) is 0 Å². The molecule has 1 aromatic heterocycles. The molecule has 8 heteroatoms. The first-order chi connectivity index (χ1) is 11.4. The van der Waals surface area contributed by atoms with Gasteiger partial charge in [0.2, 0.25) is 10.0 Å². The minimum Gasteiger partial charge on any atom is -0.481 e. The molecule has 1 heterocycles. The molecule has 24 heavy (non-hydrogen) atoms. The number of hydrogen-bond donors (Lipinski definition) is 2. The number of pyridine rings is 1. The molecule has 1 aromatic carbocycles. The number of nitrogens with one attached hydrogen (secondary N) is 1. The Morgan fingerprint density at radius 2 is 1.92 bits per heavy atom. The molecule has 0 saturated heterocycles. The zero-order valence-corrected chi connectivity index (χ0v) is 13.5. The predicted molar refractivity (Wildman–Crippen MR) is 85.4 cm³/mol. The quantitative estimate of drug-likeness (QED) is 0.783. The summed E-state index contributed by atoms with van der Waals surface area (Å²) in [6.07, 6.45) is 1.72. The highest BCUT2D eigenvalue weighted by molar-refractivity contribution is 7.89. The zero-order valence-electron chi connectivity index (χ0n) is 12.6. The number of carboxylic acid groups (broad SMARTS) is 1. The lowest BCUT2D eigenvalue weighted by Crippen LogP contribution is -2.23. The van der Waals surface area contributed by atoms with Crippen molar-refractivity contribution in [2.45, 2.75) is 24.3 Å². The monoisotopic (exact) mass is 345 g/mol. The van der Waals surface area contributed by atoms with E-state index in [0.29, 0.717) is 17.7 Å². The number of hydrogen-bond acceptors (Lipinski definition) is 5. The van der Waals surface area contributed by atoms with Gasteiger partial charge < -0.3 is 5.11 Å². The average molecular weight is 345 g/mol. The first kappa shape index (κ1) is 17.6. The van der Waals surface area contributed by atoms with Crippen LogP contribution < -0.4 is 4.72 Å². The molecule has 2 rings (SSSR count). The van der Waals surface area contributed by atoms with Gasteiger partial charge in [0.25, 0.3) is 0 Å². The molecule has 0 aliphatic carbocycles. The van der Waals surface area contributed by atoms with E-state index in [-0.39, 0.29) is 17.9 Å². The van der Waals surface area contributed by atoms with E-state index in [1.165, 1.54) is 18.3 Å². The summed E-state index contributed by atoms with van der Waals surface area (Å²) in [4.78, 5) is 14.6. The van der Waals surface area contributed by atoms with Gasteiger partial charge in [-0.3, -0.25) is 9.78 Å². The van der Waals surface area contributed by atoms with E-state index in [0.717, 1.165) is 5.56 Å². The molecule has 0 bridgehead atoms. The minimum absolute atomic E-state index is 0.00525. The van der Waals surface area contributed by atoms with Crippen LogP contribution >= 0.6 is 0 Å². The van der Waals surface area contributed by atoms with E-state index in [1.54, 1.807) is 24.3 Å². The largest absolute Gasteiger partial charge is 0.481 e. The third-order valence-corrected chi connectivity index (χ3v) is 4.68. The maximum atomic E-state index is 12.2. The first-order valence-corrected chi connectivity index (χ1v) is 8.54. The number of nitrogens with zero attached hydrogens (tertiary/aromatic N) is 2. The van der Waals surface area contributed by atoms with Gasteiger partial charge in [-0.25, -0.2) is 13.1 Å². The third-order valence-electron chi connectivity index (χ3n) is 3.26. The summed E-state index contributed by atoms with van der Waals surface area (Å²) in [6, 6.07) is 11.1. The molecule has 0 spiro atoms. The summed E-state index contributed by atoms with van der Waals surface area (Å²) in [5.74, 6) is -0.900. The fourth-order valence-corrected chi connectivity index (χ4v) is 2.93. The molecule has 124 valence electrons. The molecule has 0 amide bonds. The van der Waals surface area contributed by atoms with Crippen LogP contribution in [0.2, 0.25) is 0 Å². The lowest BCUT2D eigenvalue weighted by atomic mass is 10.1. The van der Waals surface area contributed by atoms with Crippen LogP contribution in [-0.2, 0) is 27.8 Å². The summed E-state index contributed by atoms with van der Waals surface area (Å²) < 4.78 is 26.9. The van der Waals surface area contributed by atoms with Crippen LogP contribution in [0.15, 0.2) is 47.5 Å². The number of benzene rings is 1. The van der Waals surface area contributed by atoms with Crippen molar-refractivity contribution in [3.63, 3.8) is 0 Å². The van der Waals surface area contributed by atoms with Gasteiger partial charge in [0.15, 0.2) is 0 Å². The van der Waals surface area contributed by atoms with Crippen molar-refractivity contribution >= 4 is 16.0 Å². The van der Waals surface area contributed by atoms with Gasteiger partial charge in [-0.2, -0.15) is 5.26 Å². The first-order valence-electron chi connectivity index (χ1n) is 7.06. The average Bonchev–Trinajstić information content (AvgIpc) is 2.59. The van der Waals surface area contributed by atoms with Crippen LogP contribution in [0.4, 0.5) is 0 Å². The Hall–Kier alpha value is -2.76. The molecule has 0 radical (unpaired) electrons. The second kappa shape index (κ2) is 7.68. The van der Waals surface area contributed by atoms with Crippen molar-refractivity contribution in [1.29, 1.82) is 5.26 Å². The van der Waals surface area contributed by atoms with Crippen molar-refractivity contribution in [3.8, 4) is 6.07 Å². The summed E-state index contributed by atoms with van der Waals surface area (Å²) in [7, 11) is -3.69. The number of nitriles is 1. The van der Waals surface area contributed by atoms with Gasteiger partial charge >= 0.3 is 5.97 Å². The van der Waals surface area contributed by atoms with Gasteiger partial charge in [-0.15, -0.1) is 0 Å². The van der Waals surface area contributed by atoms with E-state index in [9.17, 15) is 13.2 Å². The molecule has 0 unspecified atom stereocenters. The maximum Gasteiger partial charge on any atom is 0.303 e.